The highest BCUT2D eigenvalue weighted by Gasteiger charge is 2.24. The largest absolute Gasteiger partial charge is 0.381 e. The molecular formula is C23H27ClFN3O2. The quantitative estimate of drug-likeness (QED) is 0.640. The molecule has 1 saturated carbocycles. The Balaban J connectivity index is 1.53. The SMILES string of the molecule is O=C(NCC1CCOCC1)c1cnc(Nc2ccc(F)cc2Cl)cc1C1CCCC1. The molecule has 0 atom stereocenters. The number of rotatable bonds is 6. The summed E-state index contributed by atoms with van der Waals surface area (Å²) in [4.78, 5) is 17.4. The van der Waals surface area contributed by atoms with Crippen molar-refractivity contribution in [3.63, 3.8) is 0 Å². The second kappa shape index (κ2) is 9.75. The second-order valence-corrected chi connectivity index (χ2v) is 8.56. The normalized spacial score (nSPS) is 17.8. The Hall–Kier alpha value is -2.18. The van der Waals surface area contributed by atoms with Gasteiger partial charge in [0.2, 0.25) is 0 Å². The molecule has 0 radical (unpaired) electrons. The zero-order valence-electron chi connectivity index (χ0n) is 16.9. The molecule has 2 aliphatic rings. The van der Waals surface area contributed by atoms with Crippen molar-refractivity contribution in [2.24, 2.45) is 5.92 Å². The van der Waals surface area contributed by atoms with Crippen molar-refractivity contribution in [2.75, 3.05) is 25.1 Å². The lowest BCUT2D eigenvalue weighted by Gasteiger charge is -2.23. The molecule has 2 fully saturated rings. The molecule has 0 unspecified atom stereocenters. The average Bonchev–Trinajstić information content (AvgIpc) is 3.29. The molecule has 2 N–H and O–H groups in total. The van der Waals surface area contributed by atoms with Gasteiger partial charge < -0.3 is 15.4 Å². The Bertz CT molecular complexity index is 896. The molecule has 1 aliphatic heterocycles. The summed E-state index contributed by atoms with van der Waals surface area (Å²) in [7, 11) is 0. The molecule has 1 aromatic heterocycles. The molecule has 30 heavy (non-hydrogen) atoms. The number of carbonyl (C=O) groups is 1. The van der Waals surface area contributed by atoms with E-state index in [1.54, 1.807) is 12.3 Å². The highest BCUT2D eigenvalue weighted by Crippen LogP contribution is 2.37. The maximum atomic E-state index is 13.3. The van der Waals surface area contributed by atoms with Gasteiger partial charge in [0.25, 0.3) is 5.91 Å². The lowest BCUT2D eigenvalue weighted by Crippen LogP contribution is -2.33. The number of aromatic nitrogens is 1. The Labute approximate surface area is 181 Å². The summed E-state index contributed by atoms with van der Waals surface area (Å²) in [6.45, 7) is 2.20. The maximum Gasteiger partial charge on any atom is 0.253 e. The molecule has 160 valence electrons. The number of benzene rings is 1. The minimum absolute atomic E-state index is 0.0674. The fourth-order valence-electron chi connectivity index (χ4n) is 4.32. The summed E-state index contributed by atoms with van der Waals surface area (Å²) in [6.07, 6.45) is 8.09. The van der Waals surface area contributed by atoms with E-state index in [-0.39, 0.29) is 16.7 Å². The van der Waals surface area contributed by atoms with Crippen LogP contribution in [0.5, 0.6) is 0 Å². The molecule has 7 heteroatoms. The minimum Gasteiger partial charge on any atom is -0.381 e. The number of halogens is 2. The molecule has 1 amide bonds. The summed E-state index contributed by atoms with van der Waals surface area (Å²) in [6, 6.07) is 6.15. The molecule has 2 heterocycles. The molecule has 5 nitrogen and oxygen atoms in total. The summed E-state index contributed by atoms with van der Waals surface area (Å²) in [5, 5.41) is 6.55. The third kappa shape index (κ3) is 5.10. The number of nitrogens with zero attached hydrogens (tertiary/aromatic N) is 1. The van der Waals surface area contributed by atoms with Gasteiger partial charge in [-0.25, -0.2) is 9.37 Å². The van der Waals surface area contributed by atoms with E-state index in [2.05, 4.69) is 15.6 Å². The monoisotopic (exact) mass is 431 g/mol. The van der Waals surface area contributed by atoms with Crippen LogP contribution in [0.4, 0.5) is 15.9 Å². The zero-order chi connectivity index (χ0) is 20.9. The van der Waals surface area contributed by atoms with Crippen molar-refractivity contribution in [1.29, 1.82) is 0 Å². The fourth-order valence-corrected chi connectivity index (χ4v) is 4.53. The maximum absolute atomic E-state index is 13.3. The van der Waals surface area contributed by atoms with E-state index in [1.165, 1.54) is 25.0 Å². The first-order chi connectivity index (χ1) is 14.6. The third-order valence-corrected chi connectivity index (χ3v) is 6.37. The topological polar surface area (TPSA) is 63.2 Å². The van der Waals surface area contributed by atoms with E-state index < -0.39 is 0 Å². The van der Waals surface area contributed by atoms with Crippen LogP contribution in [0.1, 0.15) is 60.4 Å². The Morgan fingerprint density at radius 2 is 1.93 bits per heavy atom. The number of pyridine rings is 1. The molecule has 0 spiro atoms. The number of hydrogen-bond acceptors (Lipinski definition) is 4. The van der Waals surface area contributed by atoms with Crippen LogP contribution in [0.2, 0.25) is 5.02 Å². The highest BCUT2D eigenvalue weighted by molar-refractivity contribution is 6.33. The van der Waals surface area contributed by atoms with E-state index in [1.807, 2.05) is 6.07 Å². The first-order valence-corrected chi connectivity index (χ1v) is 11.1. The summed E-state index contributed by atoms with van der Waals surface area (Å²) >= 11 is 6.14. The van der Waals surface area contributed by atoms with Gasteiger partial charge in [-0.15, -0.1) is 0 Å². The third-order valence-electron chi connectivity index (χ3n) is 6.06. The van der Waals surface area contributed by atoms with Crippen molar-refractivity contribution < 1.29 is 13.9 Å². The lowest BCUT2D eigenvalue weighted by molar-refractivity contribution is 0.0642. The first kappa shape index (κ1) is 21.1. The van der Waals surface area contributed by atoms with Gasteiger partial charge in [0.05, 0.1) is 16.3 Å². The van der Waals surface area contributed by atoms with Crippen molar-refractivity contribution in [3.8, 4) is 0 Å². The molecule has 1 aliphatic carbocycles. The van der Waals surface area contributed by atoms with Crippen LogP contribution < -0.4 is 10.6 Å². The van der Waals surface area contributed by atoms with Crippen LogP contribution >= 0.6 is 11.6 Å². The molecular weight excluding hydrogens is 405 g/mol. The van der Waals surface area contributed by atoms with Gasteiger partial charge in [-0.05, 0) is 67.3 Å². The van der Waals surface area contributed by atoms with Crippen molar-refractivity contribution in [1.82, 2.24) is 10.3 Å². The number of anilines is 2. The fraction of sp³-hybridized carbons (Fsp3) is 0.478. The number of hydrogen-bond donors (Lipinski definition) is 2. The molecule has 4 rings (SSSR count). The van der Waals surface area contributed by atoms with Crippen LogP contribution in [-0.4, -0.2) is 30.6 Å². The molecule has 1 aromatic carbocycles. The van der Waals surface area contributed by atoms with E-state index >= 15 is 0 Å². The summed E-state index contributed by atoms with van der Waals surface area (Å²) in [5.41, 5.74) is 2.25. The smallest absolute Gasteiger partial charge is 0.253 e. The van der Waals surface area contributed by atoms with E-state index in [4.69, 9.17) is 16.3 Å². The van der Waals surface area contributed by atoms with Crippen molar-refractivity contribution >= 4 is 29.0 Å². The predicted octanol–water partition coefficient (Wildman–Crippen LogP) is 5.43. The van der Waals surface area contributed by atoms with E-state index in [0.29, 0.717) is 35.4 Å². The van der Waals surface area contributed by atoms with Crippen molar-refractivity contribution in [2.45, 2.75) is 44.4 Å². The number of amides is 1. The predicted molar refractivity (Wildman–Crippen MR) is 116 cm³/mol. The van der Waals surface area contributed by atoms with Gasteiger partial charge in [0.1, 0.15) is 11.6 Å². The van der Waals surface area contributed by atoms with Gasteiger partial charge in [0, 0.05) is 26.0 Å². The lowest BCUT2D eigenvalue weighted by atomic mass is 9.93. The average molecular weight is 432 g/mol. The summed E-state index contributed by atoms with van der Waals surface area (Å²) in [5.74, 6) is 0.962. The molecule has 2 aromatic rings. The van der Waals surface area contributed by atoms with Crippen LogP contribution in [0, 0.1) is 11.7 Å². The number of carbonyl (C=O) groups excluding carboxylic acids is 1. The van der Waals surface area contributed by atoms with Crippen LogP contribution in [-0.2, 0) is 4.74 Å². The Kier molecular flexibility index (Phi) is 6.85. The van der Waals surface area contributed by atoms with Gasteiger partial charge >= 0.3 is 0 Å². The van der Waals surface area contributed by atoms with Gasteiger partial charge in [-0.2, -0.15) is 0 Å². The molecule has 1 saturated heterocycles. The standard InChI is InChI=1S/C23H27ClFN3O2/c24-20-11-17(25)5-6-21(20)28-22-12-18(16-3-1-2-4-16)19(14-26-22)23(29)27-13-15-7-9-30-10-8-15/h5-6,11-12,14-16H,1-4,7-10,13H2,(H,26,28)(H,27,29). The van der Waals surface area contributed by atoms with Gasteiger partial charge in [0.15, 0.2) is 0 Å². The number of ether oxygens (including phenoxy) is 1. The summed E-state index contributed by atoms with van der Waals surface area (Å²) < 4.78 is 18.7. The highest BCUT2D eigenvalue weighted by atomic mass is 35.5. The Morgan fingerprint density at radius 3 is 2.67 bits per heavy atom. The van der Waals surface area contributed by atoms with E-state index in [0.717, 1.165) is 44.5 Å². The second-order valence-electron chi connectivity index (χ2n) is 8.15. The van der Waals surface area contributed by atoms with Crippen LogP contribution in [0.15, 0.2) is 30.5 Å². The Morgan fingerprint density at radius 1 is 1.17 bits per heavy atom. The number of nitrogens with one attached hydrogen (secondary N) is 2. The van der Waals surface area contributed by atoms with Crippen LogP contribution in [0.3, 0.4) is 0 Å². The van der Waals surface area contributed by atoms with Crippen LogP contribution in [0.25, 0.3) is 0 Å². The first-order valence-electron chi connectivity index (χ1n) is 10.7. The minimum atomic E-state index is -0.387. The van der Waals surface area contributed by atoms with Gasteiger partial charge in [-0.1, -0.05) is 24.4 Å². The molecule has 0 bridgehead atoms. The van der Waals surface area contributed by atoms with Gasteiger partial charge in [-0.3, -0.25) is 4.79 Å². The van der Waals surface area contributed by atoms with E-state index in [9.17, 15) is 9.18 Å². The zero-order valence-corrected chi connectivity index (χ0v) is 17.7. The van der Waals surface area contributed by atoms with Crippen molar-refractivity contribution in [3.05, 3.63) is 52.4 Å².